The van der Waals surface area contributed by atoms with Crippen LogP contribution >= 0.6 is 11.8 Å². The number of rotatable bonds is 8. The van der Waals surface area contributed by atoms with Gasteiger partial charge in [0, 0.05) is 0 Å². The Morgan fingerprint density at radius 1 is 1.15 bits per heavy atom. The molecule has 3 aromatic rings. The van der Waals surface area contributed by atoms with Crippen molar-refractivity contribution in [3.63, 3.8) is 0 Å². The van der Waals surface area contributed by atoms with Crippen LogP contribution in [0.25, 0.3) is 6.08 Å². The molecule has 1 unspecified atom stereocenters. The smallest absolute Gasteiger partial charge is 0.278 e. The molecule has 2 aromatic carbocycles. The minimum atomic E-state index is -0.249. The number of hydrogen-bond acceptors (Lipinski definition) is 6. The van der Waals surface area contributed by atoms with E-state index in [2.05, 4.69) is 10.3 Å². The van der Waals surface area contributed by atoms with E-state index in [0.29, 0.717) is 23.2 Å². The molecule has 1 atom stereocenters. The first-order chi connectivity index (χ1) is 16.5. The minimum absolute atomic E-state index is 0.123. The highest BCUT2D eigenvalue weighted by molar-refractivity contribution is 8.14. The Hall–Kier alpha value is -3.78. The van der Waals surface area contributed by atoms with Gasteiger partial charge >= 0.3 is 0 Å². The number of nitrogens with zero attached hydrogens (tertiary/aromatic N) is 2. The molecule has 7 nitrogen and oxygen atoms in total. The molecule has 174 valence electrons. The molecule has 0 bridgehead atoms. The summed E-state index contributed by atoms with van der Waals surface area (Å²) in [7, 11) is 1.61. The van der Waals surface area contributed by atoms with Crippen LogP contribution in [-0.4, -0.2) is 34.7 Å². The highest BCUT2D eigenvalue weighted by atomic mass is 32.2. The molecular formula is C26H25N3O4S. The Morgan fingerprint density at radius 2 is 1.91 bits per heavy atom. The lowest BCUT2D eigenvalue weighted by Gasteiger charge is -2.18. The van der Waals surface area contributed by atoms with Gasteiger partial charge < -0.3 is 14.5 Å². The molecule has 1 aliphatic heterocycles. The van der Waals surface area contributed by atoms with E-state index >= 15 is 0 Å². The largest absolute Gasteiger partial charge is 0.497 e. The number of thioether (sulfide) groups is 1. The summed E-state index contributed by atoms with van der Waals surface area (Å²) in [6.45, 7) is 2.23. The van der Waals surface area contributed by atoms with Crippen molar-refractivity contribution in [2.75, 3.05) is 12.9 Å². The number of furan rings is 1. The Bertz CT molecular complexity index is 1190. The number of methoxy groups -OCH3 is 1. The van der Waals surface area contributed by atoms with E-state index < -0.39 is 0 Å². The third-order valence-electron chi connectivity index (χ3n) is 5.19. The van der Waals surface area contributed by atoms with Crippen LogP contribution < -0.4 is 10.1 Å². The first kappa shape index (κ1) is 23.4. The molecule has 1 aromatic heterocycles. The lowest BCUT2D eigenvalue weighted by molar-refractivity contribution is -0.123. The van der Waals surface area contributed by atoms with E-state index in [-0.39, 0.29) is 23.6 Å². The summed E-state index contributed by atoms with van der Waals surface area (Å²) in [5, 5.41) is 3.40. The van der Waals surface area contributed by atoms with Crippen molar-refractivity contribution in [3.8, 4) is 5.75 Å². The number of hydrogen-bond donors (Lipinski definition) is 1. The third-order valence-corrected chi connectivity index (χ3v) is 6.17. The van der Waals surface area contributed by atoms with Crippen molar-refractivity contribution >= 4 is 34.8 Å². The molecule has 2 heterocycles. The SMILES string of the molecule is COc1ccc(/C=C2\N=C(SCC(=O)NC(C)c3ccco3)N(Cc3ccccc3)C2=O)cc1. The number of ether oxygens (including phenoxy) is 1. The number of amides is 2. The summed E-state index contributed by atoms with van der Waals surface area (Å²) in [4.78, 5) is 31.9. The molecule has 0 fully saturated rings. The minimum Gasteiger partial charge on any atom is -0.497 e. The van der Waals surface area contributed by atoms with Gasteiger partial charge in [-0.15, -0.1) is 0 Å². The van der Waals surface area contributed by atoms with E-state index in [1.54, 1.807) is 30.4 Å². The molecule has 0 saturated carbocycles. The van der Waals surface area contributed by atoms with Crippen molar-refractivity contribution in [3.05, 3.63) is 95.6 Å². The number of carbonyl (C=O) groups is 2. The molecular weight excluding hydrogens is 450 g/mol. The zero-order chi connectivity index (χ0) is 23.9. The Kier molecular flexibility index (Phi) is 7.49. The van der Waals surface area contributed by atoms with Crippen LogP contribution in [0.1, 0.15) is 29.9 Å². The van der Waals surface area contributed by atoms with Gasteiger partial charge in [-0.1, -0.05) is 54.2 Å². The zero-order valence-electron chi connectivity index (χ0n) is 18.9. The number of carbonyl (C=O) groups excluding carboxylic acids is 2. The van der Waals surface area contributed by atoms with Crippen molar-refractivity contribution in [1.82, 2.24) is 10.2 Å². The fraction of sp³-hybridized carbons (Fsp3) is 0.192. The first-order valence-corrected chi connectivity index (χ1v) is 11.8. The summed E-state index contributed by atoms with van der Waals surface area (Å²) >= 11 is 1.23. The topological polar surface area (TPSA) is 84.1 Å². The molecule has 1 aliphatic rings. The van der Waals surface area contributed by atoms with Crippen LogP contribution in [0.2, 0.25) is 0 Å². The molecule has 4 rings (SSSR count). The predicted molar refractivity (Wildman–Crippen MR) is 133 cm³/mol. The lowest BCUT2D eigenvalue weighted by Crippen LogP contribution is -2.32. The Morgan fingerprint density at radius 3 is 2.59 bits per heavy atom. The molecule has 34 heavy (non-hydrogen) atoms. The summed E-state index contributed by atoms with van der Waals surface area (Å²) in [6, 6.07) is 20.4. The molecule has 1 N–H and O–H groups in total. The van der Waals surface area contributed by atoms with E-state index in [1.165, 1.54) is 11.8 Å². The van der Waals surface area contributed by atoms with Gasteiger partial charge in [-0.3, -0.25) is 14.5 Å². The fourth-order valence-electron chi connectivity index (χ4n) is 3.43. The maximum absolute atomic E-state index is 13.2. The molecule has 0 spiro atoms. The standard InChI is InChI=1S/C26H25N3O4S/c1-18(23-9-6-14-33-23)27-24(30)17-34-26-28-22(15-19-10-12-21(32-2)13-11-19)25(31)29(26)16-20-7-4-3-5-8-20/h3-15,18H,16-17H2,1-2H3,(H,27,30)/b22-15-. The van der Waals surface area contributed by atoms with Gasteiger partial charge in [0.05, 0.1) is 31.7 Å². The van der Waals surface area contributed by atoms with Crippen LogP contribution in [0.5, 0.6) is 5.75 Å². The fourth-order valence-corrected chi connectivity index (χ4v) is 4.24. The molecule has 2 amide bonds. The van der Waals surface area contributed by atoms with Gasteiger partial charge in [0.15, 0.2) is 5.17 Å². The zero-order valence-corrected chi connectivity index (χ0v) is 19.7. The van der Waals surface area contributed by atoms with Crippen molar-refractivity contribution in [2.24, 2.45) is 4.99 Å². The highest BCUT2D eigenvalue weighted by Crippen LogP contribution is 2.26. The third kappa shape index (κ3) is 5.77. The number of amidine groups is 1. The summed E-state index contributed by atoms with van der Waals surface area (Å²) < 4.78 is 10.5. The molecule has 0 radical (unpaired) electrons. The molecule has 8 heteroatoms. The van der Waals surface area contributed by atoms with Gasteiger partial charge in [0.2, 0.25) is 5.91 Å². The second kappa shape index (κ2) is 10.9. The van der Waals surface area contributed by atoms with E-state index in [4.69, 9.17) is 9.15 Å². The van der Waals surface area contributed by atoms with Crippen molar-refractivity contribution in [1.29, 1.82) is 0 Å². The second-order valence-corrected chi connectivity index (χ2v) is 8.61. The number of aliphatic imine (C=N–C) groups is 1. The van der Waals surface area contributed by atoms with Crippen LogP contribution in [0.15, 0.2) is 88.1 Å². The van der Waals surface area contributed by atoms with Gasteiger partial charge in [0.1, 0.15) is 17.2 Å². The summed E-state index contributed by atoms with van der Waals surface area (Å²) in [6.07, 6.45) is 3.32. The van der Waals surface area contributed by atoms with Crippen molar-refractivity contribution in [2.45, 2.75) is 19.5 Å². The monoisotopic (exact) mass is 475 g/mol. The highest BCUT2D eigenvalue weighted by Gasteiger charge is 2.31. The maximum Gasteiger partial charge on any atom is 0.278 e. The van der Waals surface area contributed by atoms with Crippen LogP contribution in [0.3, 0.4) is 0 Å². The normalized spacial score (nSPS) is 15.4. The quantitative estimate of drug-likeness (QED) is 0.480. The van der Waals surface area contributed by atoms with Crippen LogP contribution in [-0.2, 0) is 16.1 Å². The van der Waals surface area contributed by atoms with Crippen molar-refractivity contribution < 1.29 is 18.7 Å². The van der Waals surface area contributed by atoms with E-state index in [1.807, 2.05) is 67.6 Å². The van der Waals surface area contributed by atoms with Gasteiger partial charge in [-0.2, -0.15) is 0 Å². The maximum atomic E-state index is 13.2. The number of nitrogens with one attached hydrogen (secondary N) is 1. The van der Waals surface area contributed by atoms with E-state index in [0.717, 1.165) is 16.9 Å². The van der Waals surface area contributed by atoms with Crippen LogP contribution in [0.4, 0.5) is 0 Å². The Balaban J connectivity index is 1.50. The lowest BCUT2D eigenvalue weighted by atomic mass is 10.1. The van der Waals surface area contributed by atoms with Gasteiger partial charge in [-0.25, -0.2) is 4.99 Å². The van der Waals surface area contributed by atoms with Crippen LogP contribution in [0, 0.1) is 0 Å². The van der Waals surface area contributed by atoms with Gasteiger partial charge in [0.25, 0.3) is 5.91 Å². The average Bonchev–Trinajstić information content (AvgIpc) is 3.49. The summed E-state index contributed by atoms with van der Waals surface area (Å²) in [5.41, 5.74) is 2.14. The predicted octanol–water partition coefficient (Wildman–Crippen LogP) is 4.64. The van der Waals surface area contributed by atoms with Gasteiger partial charge in [-0.05, 0) is 48.4 Å². The first-order valence-electron chi connectivity index (χ1n) is 10.8. The number of benzene rings is 2. The molecule has 0 aliphatic carbocycles. The van der Waals surface area contributed by atoms with E-state index in [9.17, 15) is 9.59 Å². The average molecular weight is 476 g/mol. The molecule has 0 saturated heterocycles. The summed E-state index contributed by atoms with van der Waals surface area (Å²) in [5.74, 6) is 1.17. The Labute approximate surface area is 202 Å². The second-order valence-electron chi connectivity index (χ2n) is 7.67.